The predicted molar refractivity (Wildman–Crippen MR) is 78.5 cm³/mol. The highest BCUT2D eigenvalue weighted by molar-refractivity contribution is 5.43. The Morgan fingerprint density at radius 3 is 2.63 bits per heavy atom. The number of aryl methyl sites for hydroxylation is 2. The molecule has 0 radical (unpaired) electrons. The zero-order valence-electron chi connectivity index (χ0n) is 12.5. The quantitative estimate of drug-likeness (QED) is 0.707. The number of hydrogen-bond acceptors (Lipinski definition) is 3. The smallest absolute Gasteiger partial charge is 0.122 e. The van der Waals surface area contributed by atoms with Crippen LogP contribution in [-0.2, 0) is 6.42 Å². The molecule has 104 valence electrons. The van der Waals surface area contributed by atoms with Crippen molar-refractivity contribution in [2.45, 2.75) is 33.1 Å². The fourth-order valence-electron chi connectivity index (χ4n) is 2.30. The lowest BCUT2D eigenvalue weighted by Gasteiger charge is -2.18. The topological polar surface area (TPSA) is 36.3 Å². The summed E-state index contributed by atoms with van der Waals surface area (Å²) in [6.07, 6.45) is 2.56. The van der Waals surface area contributed by atoms with Crippen LogP contribution < -0.4 is 4.74 Å². The summed E-state index contributed by atoms with van der Waals surface area (Å²) in [6, 6.07) is 6.48. The van der Waals surface area contributed by atoms with Crippen molar-refractivity contribution in [3.05, 3.63) is 28.8 Å². The number of nitriles is 1. The van der Waals surface area contributed by atoms with Crippen molar-refractivity contribution in [2.24, 2.45) is 0 Å². The highest BCUT2D eigenvalue weighted by atomic mass is 16.5. The van der Waals surface area contributed by atoms with Crippen LogP contribution in [0.25, 0.3) is 0 Å². The number of benzene rings is 1. The maximum atomic E-state index is 8.53. The van der Waals surface area contributed by atoms with Gasteiger partial charge in [0.15, 0.2) is 0 Å². The maximum absolute atomic E-state index is 8.53. The standard InChI is InChI=1S/C16H24N2O/c1-13-11-14(2)15(16(12-13)19-4)7-10-18(3)9-6-5-8-17/h11-12H,5-7,9-10H2,1-4H3. The Morgan fingerprint density at radius 1 is 1.26 bits per heavy atom. The van der Waals surface area contributed by atoms with E-state index in [2.05, 4.69) is 44.0 Å². The van der Waals surface area contributed by atoms with Gasteiger partial charge in [-0.2, -0.15) is 5.26 Å². The first kappa shape index (κ1) is 15.5. The Hall–Kier alpha value is -1.53. The summed E-state index contributed by atoms with van der Waals surface area (Å²) >= 11 is 0. The molecule has 19 heavy (non-hydrogen) atoms. The first-order chi connectivity index (χ1) is 9.08. The Labute approximate surface area is 116 Å². The summed E-state index contributed by atoms with van der Waals surface area (Å²) in [6.45, 7) is 6.19. The minimum absolute atomic E-state index is 0.636. The highest BCUT2D eigenvalue weighted by Gasteiger charge is 2.08. The van der Waals surface area contributed by atoms with Gasteiger partial charge < -0.3 is 9.64 Å². The number of likely N-dealkylation sites (N-methyl/N-ethyl adjacent to an activating group) is 1. The van der Waals surface area contributed by atoms with Crippen LogP contribution in [0.2, 0.25) is 0 Å². The molecular formula is C16H24N2O. The molecule has 0 heterocycles. The molecule has 0 N–H and O–H groups in total. The van der Waals surface area contributed by atoms with Gasteiger partial charge in [0.1, 0.15) is 5.75 Å². The van der Waals surface area contributed by atoms with E-state index >= 15 is 0 Å². The van der Waals surface area contributed by atoms with Crippen molar-refractivity contribution in [3.63, 3.8) is 0 Å². The molecule has 0 saturated carbocycles. The fraction of sp³-hybridized carbons (Fsp3) is 0.562. The summed E-state index contributed by atoms with van der Waals surface area (Å²) in [5, 5.41) is 8.53. The van der Waals surface area contributed by atoms with Crippen LogP contribution in [0.1, 0.15) is 29.5 Å². The van der Waals surface area contributed by atoms with Crippen molar-refractivity contribution in [1.29, 1.82) is 5.26 Å². The molecule has 0 saturated heterocycles. The van der Waals surface area contributed by atoms with Gasteiger partial charge in [0.05, 0.1) is 13.2 Å². The number of methoxy groups -OCH3 is 1. The van der Waals surface area contributed by atoms with Gasteiger partial charge in [-0.05, 0) is 63.0 Å². The molecule has 3 nitrogen and oxygen atoms in total. The van der Waals surface area contributed by atoms with Gasteiger partial charge >= 0.3 is 0 Å². The van der Waals surface area contributed by atoms with E-state index < -0.39 is 0 Å². The number of unbranched alkanes of at least 4 members (excludes halogenated alkanes) is 1. The largest absolute Gasteiger partial charge is 0.496 e. The van der Waals surface area contributed by atoms with Crippen molar-refractivity contribution in [3.8, 4) is 11.8 Å². The number of nitrogens with zero attached hydrogens (tertiary/aromatic N) is 2. The third kappa shape index (κ3) is 4.92. The fourth-order valence-corrected chi connectivity index (χ4v) is 2.30. The molecule has 1 aromatic rings. The molecule has 0 atom stereocenters. The van der Waals surface area contributed by atoms with Gasteiger partial charge in [-0.3, -0.25) is 0 Å². The minimum Gasteiger partial charge on any atom is -0.496 e. The second kappa shape index (κ2) is 7.81. The molecule has 0 spiro atoms. The zero-order valence-corrected chi connectivity index (χ0v) is 12.5. The minimum atomic E-state index is 0.636. The van der Waals surface area contributed by atoms with Crippen LogP contribution in [0.5, 0.6) is 5.75 Å². The normalized spacial score (nSPS) is 10.5. The molecule has 0 aliphatic rings. The molecule has 3 heteroatoms. The number of rotatable bonds is 7. The summed E-state index contributed by atoms with van der Waals surface area (Å²) in [7, 11) is 3.84. The van der Waals surface area contributed by atoms with Crippen LogP contribution in [0, 0.1) is 25.2 Å². The van der Waals surface area contributed by atoms with Crippen LogP contribution in [0.15, 0.2) is 12.1 Å². The average molecular weight is 260 g/mol. The Bertz CT molecular complexity index is 449. The van der Waals surface area contributed by atoms with E-state index in [9.17, 15) is 0 Å². The van der Waals surface area contributed by atoms with Gasteiger partial charge in [0.2, 0.25) is 0 Å². The molecule has 1 aromatic carbocycles. The summed E-state index contributed by atoms with van der Waals surface area (Å²) < 4.78 is 5.48. The van der Waals surface area contributed by atoms with Gasteiger partial charge in [0, 0.05) is 13.0 Å². The van der Waals surface area contributed by atoms with Crippen LogP contribution in [-0.4, -0.2) is 32.1 Å². The molecule has 1 rings (SSSR count). The lowest BCUT2D eigenvalue weighted by molar-refractivity contribution is 0.331. The van der Waals surface area contributed by atoms with E-state index in [4.69, 9.17) is 10.00 Å². The Kier molecular flexibility index (Phi) is 6.38. The lowest BCUT2D eigenvalue weighted by atomic mass is 10.0. The van der Waals surface area contributed by atoms with E-state index in [1.54, 1.807) is 7.11 Å². The molecule has 0 aliphatic heterocycles. The SMILES string of the molecule is COc1cc(C)cc(C)c1CCN(C)CCCC#N. The lowest BCUT2D eigenvalue weighted by Crippen LogP contribution is -2.22. The molecule has 0 aliphatic carbocycles. The first-order valence-corrected chi connectivity index (χ1v) is 6.78. The van der Waals surface area contributed by atoms with E-state index in [1.807, 2.05) is 0 Å². The number of ether oxygens (including phenoxy) is 1. The molecule has 0 unspecified atom stereocenters. The molecule has 0 bridgehead atoms. The van der Waals surface area contributed by atoms with Gasteiger partial charge in [0.25, 0.3) is 0 Å². The molecule has 0 aromatic heterocycles. The molecule has 0 fully saturated rings. The van der Waals surface area contributed by atoms with E-state index in [0.29, 0.717) is 6.42 Å². The van der Waals surface area contributed by atoms with E-state index in [0.717, 1.165) is 31.7 Å². The van der Waals surface area contributed by atoms with Gasteiger partial charge in [-0.1, -0.05) is 6.07 Å². The third-order valence-electron chi connectivity index (χ3n) is 3.37. The van der Waals surface area contributed by atoms with E-state index in [1.165, 1.54) is 16.7 Å². The maximum Gasteiger partial charge on any atom is 0.122 e. The van der Waals surface area contributed by atoms with Crippen LogP contribution in [0.4, 0.5) is 0 Å². The van der Waals surface area contributed by atoms with Gasteiger partial charge in [-0.25, -0.2) is 0 Å². The zero-order chi connectivity index (χ0) is 14.3. The van der Waals surface area contributed by atoms with Crippen molar-refractivity contribution < 1.29 is 4.74 Å². The second-order valence-corrected chi connectivity index (χ2v) is 5.08. The first-order valence-electron chi connectivity index (χ1n) is 6.78. The average Bonchev–Trinajstić information content (AvgIpc) is 2.37. The summed E-state index contributed by atoms with van der Waals surface area (Å²) in [4.78, 5) is 2.27. The Balaban J connectivity index is 2.60. The van der Waals surface area contributed by atoms with Crippen molar-refractivity contribution in [1.82, 2.24) is 4.90 Å². The summed E-state index contributed by atoms with van der Waals surface area (Å²) in [5.74, 6) is 0.989. The second-order valence-electron chi connectivity index (χ2n) is 5.08. The van der Waals surface area contributed by atoms with Crippen molar-refractivity contribution in [2.75, 3.05) is 27.2 Å². The number of hydrogen-bond donors (Lipinski definition) is 0. The van der Waals surface area contributed by atoms with Crippen LogP contribution in [0.3, 0.4) is 0 Å². The third-order valence-corrected chi connectivity index (χ3v) is 3.37. The highest BCUT2D eigenvalue weighted by Crippen LogP contribution is 2.24. The van der Waals surface area contributed by atoms with Crippen molar-refractivity contribution >= 4 is 0 Å². The Morgan fingerprint density at radius 2 is 2.00 bits per heavy atom. The van der Waals surface area contributed by atoms with Gasteiger partial charge in [-0.15, -0.1) is 0 Å². The molecular weight excluding hydrogens is 236 g/mol. The summed E-state index contributed by atoms with van der Waals surface area (Å²) in [5.41, 5.74) is 3.82. The van der Waals surface area contributed by atoms with E-state index in [-0.39, 0.29) is 0 Å². The molecule has 0 amide bonds. The monoisotopic (exact) mass is 260 g/mol. The van der Waals surface area contributed by atoms with Crippen LogP contribution >= 0.6 is 0 Å². The predicted octanol–water partition coefficient (Wildman–Crippen LogP) is 3.09.